The summed E-state index contributed by atoms with van der Waals surface area (Å²) in [5.41, 5.74) is 1.49. The van der Waals surface area contributed by atoms with Crippen molar-refractivity contribution >= 4 is 22.5 Å². The molecular formula is C20H19N7. The quantitative estimate of drug-likeness (QED) is 0.696. The van der Waals surface area contributed by atoms with Gasteiger partial charge in [-0.25, -0.2) is 15.0 Å². The van der Waals surface area contributed by atoms with Gasteiger partial charge >= 0.3 is 0 Å². The fourth-order valence-corrected chi connectivity index (χ4v) is 4.35. The van der Waals surface area contributed by atoms with Crippen molar-refractivity contribution < 1.29 is 0 Å². The SMILES string of the molecule is Cc1nc(N2CCC3CN(c4ccc(C#N)cn4)CC32)c2ccncc2n1. The molecule has 0 bridgehead atoms. The Morgan fingerprint density at radius 3 is 2.89 bits per heavy atom. The van der Waals surface area contributed by atoms with Crippen molar-refractivity contribution in [1.29, 1.82) is 5.26 Å². The topological polar surface area (TPSA) is 81.8 Å². The number of aromatic nitrogens is 4. The molecule has 134 valence electrons. The van der Waals surface area contributed by atoms with Gasteiger partial charge in [-0.15, -0.1) is 0 Å². The molecule has 2 atom stereocenters. The number of nitrogens with zero attached hydrogens (tertiary/aromatic N) is 7. The molecule has 7 nitrogen and oxygen atoms in total. The van der Waals surface area contributed by atoms with Crippen molar-refractivity contribution in [2.45, 2.75) is 19.4 Å². The van der Waals surface area contributed by atoms with Crippen LogP contribution in [0.15, 0.2) is 36.8 Å². The van der Waals surface area contributed by atoms with Crippen LogP contribution in [0.4, 0.5) is 11.6 Å². The van der Waals surface area contributed by atoms with Crippen molar-refractivity contribution in [1.82, 2.24) is 19.9 Å². The Labute approximate surface area is 157 Å². The molecule has 5 heterocycles. The summed E-state index contributed by atoms with van der Waals surface area (Å²) >= 11 is 0. The van der Waals surface area contributed by atoms with Crippen LogP contribution in [0.25, 0.3) is 10.9 Å². The van der Waals surface area contributed by atoms with Crippen LogP contribution in [0.1, 0.15) is 17.8 Å². The summed E-state index contributed by atoms with van der Waals surface area (Å²) in [5.74, 6) is 3.32. The van der Waals surface area contributed by atoms with Crippen LogP contribution in [0.2, 0.25) is 0 Å². The first-order valence-electron chi connectivity index (χ1n) is 9.19. The average molecular weight is 357 g/mol. The zero-order chi connectivity index (χ0) is 18.4. The molecule has 2 fully saturated rings. The summed E-state index contributed by atoms with van der Waals surface area (Å²) < 4.78 is 0. The van der Waals surface area contributed by atoms with E-state index in [0.717, 1.165) is 54.4 Å². The summed E-state index contributed by atoms with van der Waals surface area (Å²) in [6.45, 7) is 4.85. The predicted octanol–water partition coefficient (Wildman–Crippen LogP) is 2.32. The first kappa shape index (κ1) is 15.9. The van der Waals surface area contributed by atoms with Gasteiger partial charge in [0.05, 0.1) is 23.3 Å². The molecule has 5 rings (SSSR count). The van der Waals surface area contributed by atoms with Crippen LogP contribution in [0.5, 0.6) is 0 Å². The molecule has 3 aromatic rings. The van der Waals surface area contributed by atoms with Gasteiger partial charge in [-0.1, -0.05) is 0 Å². The highest BCUT2D eigenvalue weighted by Gasteiger charge is 2.42. The lowest BCUT2D eigenvalue weighted by atomic mass is 10.1. The van der Waals surface area contributed by atoms with Gasteiger partial charge in [0.25, 0.3) is 0 Å². The third kappa shape index (κ3) is 2.65. The van der Waals surface area contributed by atoms with Crippen molar-refractivity contribution in [2.24, 2.45) is 5.92 Å². The van der Waals surface area contributed by atoms with E-state index in [-0.39, 0.29) is 0 Å². The Kier molecular flexibility index (Phi) is 3.64. The van der Waals surface area contributed by atoms with Crippen LogP contribution in [0, 0.1) is 24.2 Å². The standard InChI is InChI=1S/C20H19N7/c1-13-24-17-10-22-6-4-16(17)20(25-13)27-7-5-15-11-26(12-18(15)27)19-3-2-14(8-21)9-23-19/h2-4,6,9-10,15,18H,5,7,11-12H2,1H3. The molecule has 2 aliphatic rings. The summed E-state index contributed by atoms with van der Waals surface area (Å²) in [4.78, 5) is 22.7. The molecule has 0 saturated carbocycles. The minimum atomic E-state index is 0.410. The van der Waals surface area contributed by atoms with Crippen molar-refractivity contribution in [3.05, 3.63) is 48.2 Å². The van der Waals surface area contributed by atoms with Gasteiger partial charge in [-0.3, -0.25) is 4.98 Å². The van der Waals surface area contributed by atoms with Gasteiger partial charge in [0, 0.05) is 43.3 Å². The highest BCUT2D eigenvalue weighted by molar-refractivity contribution is 5.89. The Morgan fingerprint density at radius 2 is 2.07 bits per heavy atom. The molecule has 2 aliphatic heterocycles. The molecule has 0 aliphatic carbocycles. The molecule has 7 heteroatoms. The average Bonchev–Trinajstić information content (AvgIpc) is 3.28. The zero-order valence-electron chi connectivity index (χ0n) is 15.1. The van der Waals surface area contributed by atoms with Gasteiger partial charge in [0.15, 0.2) is 0 Å². The first-order valence-corrected chi connectivity index (χ1v) is 9.19. The Bertz CT molecular complexity index is 1040. The van der Waals surface area contributed by atoms with Crippen LogP contribution in [-0.4, -0.2) is 45.6 Å². The molecule has 0 spiro atoms. The smallest absolute Gasteiger partial charge is 0.140 e. The summed E-state index contributed by atoms with van der Waals surface area (Å²) in [7, 11) is 0. The second kappa shape index (κ2) is 6.16. The highest BCUT2D eigenvalue weighted by Crippen LogP contribution is 2.37. The van der Waals surface area contributed by atoms with Gasteiger partial charge in [-0.2, -0.15) is 5.26 Å². The molecule has 3 aromatic heterocycles. The third-order valence-corrected chi connectivity index (χ3v) is 5.61. The van der Waals surface area contributed by atoms with Gasteiger partial charge in [0.2, 0.25) is 0 Å². The maximum absolute atomic E-state index is 8.97. The molecule has 0 aromatic carbocycles. The highest BCUT2D eigenvalue weighted by atomic mass is 15.3. The Morgan fingerprint density at radius 1 is 1.15 bits per heavy atom. The van der Waals surface area contributed by atoms with E-state index in [1.54, 1.807) is 12.4 Å². The number of fused-ring (bicyclic) bond motifs is 2. The fraction of sp³-hybridized carbons (Fsp3) is 0.350. The van der Waals surface area contributed by atoms with Crippen molar-refractivity contribution in [3.63, 3.8) is 0 Å². The maximum atomic E-state index is 8.97. The summed E-state index contributed by atoms with van der Waals surface area (Å²) in [5, 5.41) is 10.0. The molecule has 0 amide bonds. The normalized spacial score (nSPS) is 21.5. The van der Waals surface area contributed by atoms with Crippen LogP contribution in [-0.2, 0) is 0 Å². The van der Waals surface area contributed by atoms with E-state index in [2.05, 4.69) is 30.8 Å². The number of rotatable bonds is 2. The molecule has 0 radical (unpaired) electrons. The lowest BCUT2D eigenvalue weighted by Crippen LogP contribution is -2.36. The largest absolute Gasteiger partial charge is 0.354 e. The van der Waals surface area contributed by atoms with E-state index < -0.39 is 0 Å². The minimum absolute atomic E-state index is 0.410. The lowest BCUT2D eigenvalue weighted by Gasteiger charge is -2.27. The lowest BCUT2D eigenvalue weighted by molar-refractivity contribution is 0.580. The Hall–Kier alpha value is -3.27. The number of aryl methyl sites for hydroxylation is 1. The summed E-state index contributed by atoms with van der Waals surface area (Å²) in [6, 6.07) is 8.32. The second-order valence-corrected chi connectivity index (χ2v) is 7.22. The van der Waals surface area contributed by atoms with E-state index in [4.69, 9.17) is 10.2 Å². The monoisotopic (exact) mass is 357 g/mol. The predicted molar refractivity (Wildman–Crippen MR) is 102 cm³/mol. The Balaban J connectivity index is 1.46. The number of nitriles is 1. The van der Waals surface area contributed by atoms with E-state index >= 15 is 0 Å². The molecule has 2 unspecified atom stereocenters. The van der Waals surface area contributed by atoms with E-state index in [0.29, 0.717) is 17.5 Å². The zero-order valence-corrected chi connectivity index (χ0v) is 15.1. The summed E-state index contributed by atoms with van der Waals surface area (Å²) in [6.07, 6.45) is 6.41. The molecule has 0 N–H and O–H groups in total. The van der Waals surface area contributed by atoms with Crippen LogP contribution in [0.3, 0.4) is 0 Å². The molecule has 27 heavy (non-hydrogen) atoms. The molecule has 2 saturated heterocycles. The molecular weight excluding hydrogens is 338 g/mol. The van der Waals surface area contributed by atoms with Gasteiger partial charge < -0.3 is 9.80 Å². The fourth-order valence-electron chi connectivity index (χ4n) is 4.35. The van der Waals surface area contributed by atoms with E-state index in [9.17, 15) is 0 Å². The number of anilines is 2. The second-order valence-electron chi connectivity index (χ2n) is 7.22. The third-order valence-electron chi connectivity index (χ3n) is 5.61. The van der Waals surface area contributed by atoms with Crippen molar-refractivity contribution in [2.75, 3.05) is 29.4 Å². The van der Waals surface area contributed by atoms with Gasteiger partial charge in [-0.05, 0) is 31.5 Å². The van der Waals surface area contributed by atoms with Crippen LogP contribution >= 0.6 is 0 Å². The first-order chi connectivity index (χ1) is 13.2. The number of pyridine rings is 2. The number of hydrogen-bond acceptors (Lipinski definition) is 7. The number of hydrogen-bond donors (Lipinski definition) is 0. The maximum Gasteiger partial charge on any atom is 0.140 e. The van der Waals surface area contributed by atoms with E-state index in [1.807, 2.05) is 31.3 Å². The van der Waals surface area contributed by atoms with Gasteiger partial charge in [0.1, 0.15) is 23.5 Å². The van der Waals surface area contributed by atoms with Crippen LogP contribution < -0.4 is 9.80 Å². The van der Waals surface area contributed by atoms with Crippen molar-refractivity contribution in [3.8, 4) is 6.07 Å². The van der Waals surface area contributed by atoms with E-state index in [1.165, 1.54) is 0 Å². The minimum Gasteiger partial charge on any atom is -0.354 e.